The number of ether oxygens (including phenoxy) is 1. The van der Waals surface area contributed by atoms with Crippen LogP contribution in [0, 0.1) is 17.1 Å². The van der Waals surface area contributed by atoms with Crippen LogP contribution in [-0.2, 0) is 0 Å². The summed E-state index contributed by atoms with van der Waals surface area (Å²) < 4.78 is 19.9. The molecule has 1 fully saturated rings. The number of pyridine rings is 1. The van der Waals surface area contributed by atoms with Crippen LogP contribution in [-0.4, -0.2) is 81.5 Å². The van der Waals surface area contributed by atoms with E-state index in [1.165, 1.54) is 42.6 Å². The highest BCUT2D eigenvalue weighted by atomic mass is 19.1. The molecular formula is C30H26FN7O5. The van der Waals surface area contributed by atoms with Gasteiger partial charge in [0.2, 0.25) is 0 Å². The summed E-state index contributed by atoms with van der Waals surface area (Å²) in [4.78, 5) is 40.8. The minimum absolute atomic E-state index is 0.0146. The van der Waals surface area contributed by atoms with E-state index in [4.69, 9.17) is 4.74 Å². The van der Waals surface area contributed by atoms with E-state index < -0.39 is 30.5 Å². The molecule has 0 bridgehead atoms. The molecule has 12 nitrogen and oxygen atoms in total. The van der Waals surface area contributed by atoms with Crippen LogP contribution in [0.3, 0.4) is 0 Å². The van der Waals surface area contributed by atoms with Crippen molar-refractivity contribution in [3.8, 4) is 34.3 Å². The largest absolute Gasteiger partial charge is 0.496 e. The maximum Gasteiger partial charge on any atom is 0.407 e. The normalized spacial score (nSPS) is 14.6. The molecule has 0 unspecified atom stereocenters. The number of methoxy groups -OCH3 is 1. The van der Waals surface area contributed by atoms with Crippen molar-refractivity contribution < 1.29 is 28.9 Å². The molecule has 218 valence electrons. The second-order valence-electron chi connectivity index (χ2n) is 9.56. The van der Waals surface area contributed by atoms with Gasteiger partial charge in [0.25, 0.3) is 5.91 Å². The van der Waals surface area contributed by atoms with Gasteiger partial charge in [0.15, 0.2) is 5.82 Å². The molecule has 13 heteroatoms. The first-order valence-electron chi connectivity index (χ1n) is 13.2. The lowest BCUT2D eigenvalue weighted by Crippen LogP contribution is -2.56. The number of nitrogens with zero attached hydrogens (tertiary/aromatic N) is 6. The first kappa shape index (κ1) is 28.9. The Bertz CT molecular complexity index is 1730. The average Bonchev–Trinajstić information content (AvgIpc) is 3.04. The highest BCUT2D eigenvalue weighted by Crippen LogP contribution is 2.35. The topological polar surface area (TPSA) is 165 Å². The number of nitriles is 1. The zero-order valence-electron chi connectivity index (χ0n) is 22.9. The number of anilines is 2. The summed E-state index contributed by atoms with van der Waals surface area (Å²) in [7, 11) is 1.39. The van der Waals surface area contributed by atoms with Gasteiger partial charge in [0, 0.05) is 43.8 Å². The zero-order valence-corrected chi connectivity index (χ0v) is 22.9. The average molecular weight is 584 g/mol. The Kier molecular flexibility index (Phi) is 8.40. The molecule has 1 aliphatic heterocycles. The van der Waals surface area contributed by atoms with Gasteiger partial charge in [-0.15, -0.1) is 0 Å². The monoisotopic (exact) mass is 583 g/mol. The van der Waals surface area contributed by atoms with Gasteiger partial charge >= 0.3 is 6.09 Å². The van der Waals surface area contributed by atoms with Crippen molar-refractivity contribution in [3.63, 3.8) is 0 Å². The number of rotatable bonds is 7. The second kappa shape index (κ2) is 12.5. The van der Waals surface area contributed by atoms with Gasteiger partial charge in [0.05, 0.1) is 48.3 Å². The third-order valence-electron chi connectivity index (χ3n) is 7.09. The molecule has 1 atom stereocenters. The molecule has 2 aromatic carbocycles. The Morgan fingerprint density at radius 3 is 2.77 bits per heavy atom. The van der Waals surface area contributed by atoms with E-state index in [0.717, 1.165) is 0 Å². The summed E-state index contributed by atoms with van der Waals surface area (Å²) in [6.07, 6.45) is 3.28. The third-order valence-corrected chi connectivity index (χ3v) is 7.09. The number of hydrogen-bond acceptors (Lipinski definition) is 9. The quantitative estimate of drug-likeness (QED) is 0.293. The summed E-state index contributed by atoms with van der Waals surface area (Å²) >= 11 is 0. The van der Waals surface area contributed by atoms with E-state index in [9.17, 15) is 29.5 Å². The van der Waals surface area contributed by atoms with Crippen LogP contribution in [0.5, 0.6) is 5.75 Å². The molecule has 3 N–H and O–H groups in total. The van der Waals surface area contributed by atoms with Crippen LogP contribution in [0.1, 0.15) is 16.1 Å². The first-order chi connectivity index (χ1) is 20.8. The molecule has 0 saturated carbocycles. The zero-order chi connectivity index (χ0) is 30.5. The van der Waals surface area contributed by atoms with Crippen molar-refractivity contribution in [2.24, 2.45) is 0 Å². The standard InChI is InChI=1S/C30H26FN7O5/c1-43-26-4-2-3-22(31)27(26)28-34-10-8-24(35-28)29(40)36-23-6-5-18(21-15-33-9-7-19(21)14-32)13-25(23)37-11-12-38(30(41)42)20(16-37)17-39/h2-10,13,15,20,39H,11-12,16-17H2,1H3,(H,36,40)(H,41,42)/t20-/m1/s1. The van der Waals surface area contributed by atoms with Crippen molar-refractivity contribution in [1.82, 2.24) is 19.9 Å². The van der Waals surface area contributed by atoms with Gasteiger partial charge < -0.3 is 25.2 Å². The number of benzene rings is 2. The van der Waals surface area contributed by atoms with Crippen LogP contribution in [0.2, 0.25) is 0 Å². The van der Waals surface area contributed by atoms with Crippen LogP contribution < -0.4 is 15.0 Å². The number of halogens is 1. The fourth-order valence-corrected chi connectivity index (χ4v) is 4.95. The molecular weight excluding hydrogens is 557 g/mol. The SMILES string of the molecule is COc1cccc(F)c1-c1nccc(C(=O)Nc2ccc(-c3cnccc3C#N)cc2N2CCN(C(=O)O)[C@@H](CO)C2)n1. The molecule has 0 radical (unpaired) electrons. The van der Waals surface area contributed by atoms with E-state index in [-0.39, 0.29) is 42.5 Å². The van der Waals surface area contributed by atoms with Crippen molar-refractivity contribution in [3.05, 3.63) is 84.2 Å². The van der Waals surface area contributed by atoms with Gasteiger partial charge in [-0.25, -0.2) is 19.2 Å². The summed E-state index contributed by atoms with van der Waals surface area (Å²) in [5.41, 5.74) is 2.52. The third kappa shape index (κ3) is 5.90. The summed E-state index contributed by atoms with van der Waals surface area (Å²) in [6.45, 7) is 0.152. The molecule has 5 rings (SSSR count). The van der Waals surface area contributed by atoms with Gasteiger partial charge in [-0.1, -0.05) is 12.1 Å². The van der Waals surface area contributed by atoms with Crippen LogP contribution in [0.4, 0.5) is 20.6 Å². The molecule has 1 aliphatic rings. The molecule has 2 aromatic heterocycles. The lowest BCUT2D eigenvalue weighted by molar-refractivity contribution is 0.0911. The van der Waals surface area contributed by atoms with Crippen LogP contribution in [0.15, 0.2) is 67.1 Å². The maximum atomic E-state index is 14.7. The predicted octanol–water partition coefficient (Wildman–Crippen LogP) is 3.64. The smallest absolute Gasteiger partial charge is 0.407 e. The van der Waals surface area contributed by atoms with Gasteiger partial charge in [-0.2, -0.15) is 5.26 Å². The molecule has 1 saturated heterocycles. The fraction of sp³-hybridized carbons (Fsp3) is 0.200. The minimum Gasteiger partial charge on any atom is -0.496 e. The van der Waals surface area contributed by atoms with Crippen LogP contribution in [0.25, 0.3) is 22.5 Å². The molecule has 43 heavy (non-hydrogen) atoms. The lowest BCUT2D eigenvalue weighted by Gasteiger charge is -2.41. The van der Waals surface area contributed by atoms with E-state index in [2.05, 4.69) is 26.3 Å². The molecule has 0 aliphatic carbocycles. The number of aliphatic hydroxyl groups is 1. The number of carbonyl (C=O) groups is 2. The van der Waals surface area contributed by atoms with Gasteiger partial charge in [-0.3, -0.25) is 14.7 Å². The Balaban J connectivity index is 1.52. The van der Waals surface area contributed by atoms with E-state index in [1.807, 2.05) is 4.90 Å². The number of piperazine rings is 1. The Hall–Kier alpha value is -5.61. The summed E-state index contributed by atoms with van der Waals surface area (Å²) in [5, 5.41) is 32.0. The Labute approximate surface area is 245 Å². The van der Waals surface area contributed by atoms with Crippen molar-refractivity contribution in [1.29, 1.82) is 5.26 Å². The lowest BCUT2D eigenvalue weighted by atomic mass is 10.0. The highest BCUT2D eigenvalue weighted by molar-refractivity contribution is 6.05. The number of carbonyl (C=O) groups excluding carboxylic acids is 1. The van der Waals surface area contributed by atoms with Crippen LogP contribution >= 0.6 is 0 Å². The second-order valence-corrected chi connectivity index (χ2v) is 9.56. The van der Waals surface area contributed by atoms with Gasteiger partial charge in [0.1, 0.15) is 17.3 Å². The van der Waals surface area contributed by atoms with Crippen molar-refractivity contribution in [2.45, 2.75) is 6.04 Å². The Morgan fingerprint density at radius 2 is 2.02 bits per heavy atom. The Morgan fingerprint density at radius 1 is 1.19 bits per heavy atom. The number of carboxylic acid groups (broad SMARTS) is 1. The first-order valence-corrected chi connectivity index (χ1v) is 13.2. The van der Waals surface area contributed by atoms with E-state index in [0.29, 0.717) is 28.1 Å². The van der Waals surface area contributed by atoms with Crippen molar-refractivity contribution >= 4 is 23.4 Å². The summed E-state index contributed by atoms with van der Waals surface area (Å²) in [5.74, 6) is -1.04. The number of nitrogens with one attached hydrogen (secondary N) is 1. The molecule has 3 heterocycles. The number of aromatic nitrogens is 3. The minimum atomic E-state index is -1.14. The number of aliphatic hydroxyl groups excluding tert-OH is 1. The number of hydrogen-bond donors (Lipinski definition) is 3. The van der Waals surface area contributed by atoms with Gasteiger partial charge in [-0.05, 0) is 42.0 Å². The molecule has 2 amide bonds. The van der Waals surface area contributed by atoms with E-state index >= 15 is 0 Å². The van der Waals surface area contributed by atoms with E-state index in [1.54, 1.807) is 36.5 Å². The maximum absolute atomic E-state index is 14.7. The highest BCUT2D eigenvalue weighted by Gasteiger charge is 2.31. The fourth-order valence-electron chi connectivity index (χ4n) is 4.95. The summed E-state index contributed by atoms with van der Waals surface area (Å²) in [6, 6.07) is 13.9. The number of amides is 2. The molecule has 4 aromatic rings. The molecule has 0 spiro atoms. The predicted molar refractivity (Wildman–Crippen MR) is 154 cm³/mol. The van der Waals surface area contributed by atoms with Crippen molar-refractivity contribution in [2.75, 3.05) is 43.6 Å².